The Labute approximate surface area is 192 Å². The van der Waals surface area contributed by atoms with Crippen molar-refractivity contribution in [3.8, 4) is 0 Å². The molecule has 0 bridgehead atoms. The molecular formula is C20H34Cl3FN4O. The molecule has 0 spiro atoms. The number of hydrogen-bond acceptors (Lipinski definition) is 4. The van der Waals surface area contributed by atoms with Crippen LogP contribution in [-0.4, -0.2) is 56.6 Å². The van der Waals surface area contributed by atoms with Crippen molar-refractivity contribution in [3.05, 3.63) is 29.6 Å². The Bertz CT molecular complexity index is 651. The summed E-state index contributed by atoms with van der Waals surface area (Å²) < 4.78 is 14.0. The predicted molar refractivity (Wildman–Crippen MR) is 125 cm³/mol. The Morgan fingerprint density at radius 2 is 1.90 bits per heavy atom. The number of carbonyl (C=O) groups excluding carboxylic acids is 1. The minimum Gasteiger partial charge on any atom is -0.369 e. The Morgan fingerprint density at radius 1 is 1.24 bits per heavy atom. The van der Waals surface area contributed by atoms with Crippen LogP contribution < -0.4 is 15.5 Å². The maximum atomic E-state index is 14.0. The minimum absolute atomic E-state index is 0. The highest BCUT2D eigenvalue weighted by Gasteiger charge is 2.37. The van der Waals surface area contributed by atoms with Gasteiger partial charge in [-0.25, -0.2) is 4.39 Å². The van der Waals surface area contributed by atoms with E-state index in [1.165, 1.54) is 6.07 Å². The van der Waals surface area contributed by atoms with Crippen molar-refractivity contribution in [1.82, 2.24) is 15.5 Å². The van der Waals surface area contributed by atoms with E-state index in [2.05, 4.69) is 27.4 Å². The summed E-state index contributed by atoms with van der Waals surface area (Å²) in [4.78, 5) is 17.5. The molecule has 2 N–H and O–H groups in total. The summed E-state index contributed by atoms with van der Waals surface area (Å²) in [6.07, 6.45) is 0.834. The molecule has 1 aromatic rings. The van der Waals surface area contributed by atoms with Crippen molar-refractivity contribution in [1.29, 1.82) is 0 Å². The first-order chi connectivity index (χ1) is 12.4. The average molecular weight is 472 g/mol. The molecule has 29 heavy (non-hydrogen) atoms. The zero-order chi connectivity index (χ0) is 18.7. The monoisotopic (exact) mass is 470 g/mol. The van der Waals surface area contributed by atoms with Crippen LogP contribution >= 0.6 is 37.2 Å². The number of rotatable bonds is 5. The van der Waals surface area contributed by atoms with Gasteiger partial charge in [0.15, 0.2) is 0 Å². The molecule has 1 amide bonds. The van der Waals surface area contributed by atoms with Gasteiger partial charge in [0, 0.05) is 44.0 Å². The van der Waals surface area contributed by atoms with Gasteiger partial charge in [0.05, 0.1) is 11.5 Å². The third-order valence-corrected chi connectivity index (χ3v) is 5.88. The molecule has 9 heteroatoms. The molecule has 2 aliphatic rings. The third kappa shape index (κ3) is 6.59. The lowest BCUT2D eigenvalue weighted by Crippen LogP contribution is -2.47. The highest BCUT2D eigenvalue weighted by molar-refractivity contribution is 5.86. The number of benzene rings is 1. The molecule has 168 valence electrons. The molecule has 2 atom stereocenters. The van der Waals surface area contributed by atoms with Gasteiger partial charge >= 0.3 is 0 Å². The van der Waals surface area contributed by atoms with Gasteiger partial charge in [0.25, 0.3) is 0 Å². The van der Waals surface area contributed by atoms with E-state index in [-0.39, 0.29) is 60.4 Å². The molecule has 2 saturated heterocycles. The number of likely N-dealkylation sites (N-methyl/N-ethyl adjacent to an activating group) is 1. The van der Waals surface area contributed by atoms with Crippen LogP contribution in [0.3, 0.4) is 0 Å². The molecule has 5 nitrogen and oxygen atoms in total. The van der Waals surface area contributed by atoms with Crippen molar-refractivity contribution >= 4 is 48.8 Å². The van der Waals surface area contributed by atoms with E-state index in [9.17, 15) is 9.18 Å². The van der Waals surface area contributed by atoms with Gasteiger partial charge in [-0.05, 0) is 51.6 Å². The first-order valence-corrected chi connectivity index (χ1v) is 9.71. The lowest BCUT2D eigenvalue weighted by atomic mass is 9.88. The maximum absolute atomic E-state index is 14.0. The maximum Gasteiger partial charge on any atom is 0.227 e. The first-order valence-electron chi connectivity index (χ1n) is 9.71. The highest BCUT2D eigenvalue weighted by atomic mass is 35.5. The third-order valence-electron chi connectivity index (χ3n) is 5.88. The molecule has 0 aliphatic carbocycles. The second-order valence-electron chi connectivity index (χ2n) is 7.81. The van der Waals surface area contributed by atoms with Gasteiger partial charge in [-0.1, -0.05) is 6.92 Å². The lowest BCUT2D eigenvalue weighted by Gasteiger charge is -2.37. The molecule has 2 fully saturated rings. The van der Waals surface area contributed by atoms with Gasteiger partial charge in [0.2, 0.25) is 5.91 Å². The van der Waals surface area contributed by atoms with Crippen LogP contribution in [0.1, 0.15) is 38.8 Å². The van der Waals surface area contributed by atoms with Crippen molar-refractivity contribution in [2.45, 2.75) is 33.2 Å². The van der Waals surface area contributed by atoms with Crippen molar-refractivity contribution in [3.63, 3.8) is 0 Å². The number of nitrogens with one attached hydrogen (secondary N) is 2. The molecule has 2 unspecified atom stereocenters. The summed E-state index contributed by atoms with van der Waals surface area (Å²) in [5.41, 5.74) is 1.51. The van der Waals surface area contributed by atoms with Crippen LogP contribution in [0, 0.1) is 11.2 Å². The molecule has 0 radical (unpaired) electrons. The quantitative estimate of drug-likeness (QED) is 0.691. The molecule has 3 rings (SSSR count). The Kier molecular flexibility index (Phi) is 11.8. The normalized spacial score (nSPS) is 22.7. The zero-order valence-corrected chi connectivity index (χ0v) is 19.8. The number of piperazine rings is 1. The number of anilines is 1. The number of halogens is 4. The minimum atomic E-state index is -0.380. The topological polar surface area (TPSA) is 47.6 Å². The summed E-state index contributed by atoms with van der Waals surface area (Å²) in [5, 5.41) is 6.38. The second-order valence-corrected chi connectivity index (χ2v) is 7.81. The standard InChI is InChI=1S/C20H31FN4O.3ClH/c1-4-24-9-11-25(12-10-24)18-6-5-16(21)13-17(18)15(2)23-19(26)20(3)7-8-22-14-20;;;/h5-6,13,15,22H,4,7-12,14H2,1-3H3,(H,23,26);3*1H. The average Bonchev–Trinajstić information content (AvgIpc) is 3.10. The molecule has 0 saturated carbocycles. The summed E-state index contributed by atoms with van der Waals surface area (Å²) in [7, 11) is 0. The van der Waals surface area contributed by atoms with Gasteiger partial charge < -0.3 is 20.4 Å². The van der Waals surface area contributed by atoms with Crippen molar-refractivity contribution in [2.75, 3.05) is 50.7 Å². The van der Waals surface area contributed by atoms with Gasteiger partial charge in [-0.15, -0.1) is 37.2 Å². The number of amides is 1. The van der Waals surface area contributed by atoms with Crippen LogP contribution in [0.4, 0.5) is 10.1 Å². The first kappa shape index (κ1) is 28.2. The summed E-state index contributed by atoms with van der Waals surface area (Å²) in [5.74, 6) is -0.216. The van der Waals surface area contributed by atoms with E-state index >= 15 is 0 Å². The Morgan fingerprint density at radius 3 is 2.45 bits per heavy atom. The lowest BCUT2D eigenvalue weighted by molar-refractivity contribution is -0.129. The molecule has 2 aliphatic heterocycles. The smallest absolute Gasteiger partial charge is 0.227 e. The SMILES string of the molecule is CCN1CCN(c2ccc(F)cc2C(C)NC(=O)C2(C)CCNC2)CC1.Cl.Cl.Cl. The van der Waals surface area contributed by atoms with Gasteiger partial charge in [-0.3, -0.25) is 4.79 Å². The Hall–Kier alpha value is -0.790. The fraction of sp³-hybridized carbons (Fsp3) is 0.650. The van der Waals surface area contributed by atoms with Gasteiger partial charge in [-0.2, -0.15) is 0 Å². The van der Waals surface area contributed by atoms with Gasteiger partial charge in [0.1, 0.15) is 5.82 Å². The fourth-order valence-electron chi connectivity index (χ4n) is 3.92. The van der Waals surface area contributed by atoms with Crippen LogP contribution in [0.15, 0.2) is 18.2 Å². The molecule has 0 aromatic heterocycles. The molecule has 1 aromatic carbocycles. The highest BCUT2D eigenvalue weighted by Crippen LogP contribution is 2.30. The Balaban J connectivity index is 0.00000261. The number of nitrogens with zero attached hydrogens (tertiary/aromatic N) is 2. The predicted octanol–water partition coefficient (Wildman–Crippen LogP) is 3.41. The molecular weight excluding hydrogens is 438 g/mol. The van der Waals surface area contributed by atoms with E-state index in [0.717, 1.165) is 56.9 Å². The van der Waals surface area contributed by atoms with E-state index in [4.69, 9.17) is 0 Å². The summed E-state index contributed by atoms with van der Waals surface area (Å²) in [6, 6.07) is 4.71. The van der Waals surface area contributed by atoms with Crippen molar-refractivity contribution in [2.24, 2.45) is 5.41 Å². The second kappa shape index (κ2) is 12.2. The van der Waals surface area contributed by atoms with E-state index in [1.54, 1.807) is 6.07 Å². The van der Waals surface area contributed by atoms with E-state index < -0.39 is 0 Å². The zero-order valence-electron chi connectivity index (χ0n) is 17.4. The van der Waals surface area contributed by atoms with Crippen LogP contribution in [-0.2, 0) is 4.79 Å². The number of carbonyl (C=O) groups is 1. The van der Waals surface area contributed by atoms with Crippen LogP contribution in [0.5, 0.6) is 0 Å². The van der Waals surface area contributed by atoms with Crippen LogP contribution in [0.2, 0.25) is 0 Å². The molecule has 2 heterocycles. The largest absolute Gasteiger partial charge is 0.369 e. The summed E-state index contributed by atoms with van der Waals surface area (Å²) in [6.45, 7) is 12.6. The summed E-state index contributed by atoms with van der Waals surface area (Å²) >= 11 is 0. The fourth-order valence-corrected chi connectivity index (χ4v) is 3.92. The van der Waals surface area contributed by atoms with Crippen LogP contribution in [0.25, 0.3) is 0 Å². The number of hydrogen-bond donors (Lipinski definition) is 2. The van der Waals surface area contributed by atoms with E-state index in [0.29, 0.717) is 6.54 Å². The van der Waals surface area contributed by atoms with Crippen molar-refractivity contribution < 1.29 is 9.18 Å². The van der Waals surface area contributed by atoms with E-state index in [1.807, 2.05) is 19.9 Å².